The van der Waals surface area contributed by atoms with Crippen LogP contribution >= 0.6 is 33.9 Å². The zero-order valence-electron chi connectivity index (χ0n) is 7.12. The number of thiophene rings is 1. The van der Waals surface area contributed by atoms with E-state index in [0.717, 1.165) is 19.2 Å². The van der Waals surface area contributed by atoms with Gasteiger partial charge in [-0.15, -0.1) is 11.3 Å². The Morgan fingerprint density at radius 1 is 1.57 bits per heavy atom. The summed E-state index contributed by atoms with van der Waals surface area (Å²) in [7, 11) is 0. The third-order valence-electron chi connectivity index (χ3n) is 2.02. The van der Waals surface area contributed by atoms with Crippen molar-refractivity contribution in [1.29, 1.82) is 5.26 Å². The molecule has 2 nitrogen and oxygen atoms in total. The minimum atomic E-state index is 0.269. The molecule has 1 aromatic carbocycles. The first kappa shape index (κ1) is 9.74. The number of rotatable bonds is 1. The van der Waals surface area contributed by atoms with E-state index < -0.39 is 0 Å². The van der Waals surface area contributed by atoms with E-state index in [1.807, 2.05) is 11.4 Å². The molecule has 0 amide bonds. The van der Waals surface area contributed by atoms with Gasteiger partial charge in [0.1, 0.15) is 5.75 Å². The number of aromatic hydroxyl groups is 1. The van der Waals surface area contributed by atoms with Crippen LogP contribution in [-0.4, -0.2) is 5.11 Å². The predicted octanol–water partition coefficient (Wildman–Crippen LogP) is 3.28. The van der Waals surface area contributed by atoms with Crippen LogP contribution in [0.1, 0.15) is 5.56 Å². The monoisotopic (exact) mass is 315 g/mol. The molecule has 14 heavy (non-hydrogen) atoms. The molecule has 0 spiro atoms. The maximum atomic E-state index is 9.63. The number of benzene rings is 1. The molecule has 0 aliphatic heterocycles. The first-order valence-corrected chi connectivity index (χ1v) is 5.94. The van der Waals surface area contributed by atoms with E-state index in [0.29, 0.717) is 6.42 Å². The van der Waals surface area contributed by atoms with E-state index >= 15 is 0 Å². The molecule has 1 heterocycles. The zero-order chi connectivity index (χ0) is 10.1. The van der Waals surface area contributed by atoms with Gasteiger partial charge in [-0.2, -0.15) is 5.26 Å². The normalized spacial score (nSPS) is 10.3. The Morgan fingerprint density at radius 3 is 3.07 bits per heavy atom. The molecule has 1 aromatic heterocycles. The Morgan fingerprint density at radius 2 is 2.36 bits per heavy atom. The minimum absolute atomic E-state index is 0.269. The molecule has 2 rings (SSSR count). The second-order valence-electron chi connectivity index (χ2n) is 2.87. The van der Waals surface area contributed by atoms with E-state index in [2.05, 4.69) is 28.7 Å². The summed E-state index contributed by atoms with van der Waals surface area (Å²) >= 11 is 3.71. The standard InChI is InChI=1S/C10H6INOS/c11-9-8(13)5-6(1-3-12)7-2-4-14-10(7)9/h2,4-5,13H,1H2. The molecule has 4 heteroatoms. The molecular weight excluding hydrogens is 309 g/mol. The summed E-state index contributed by atoms with van der Waals surface area (Å²) in [6, 6.07) is 5.78. The summed E-state index contributed by atoms with van der Waals surface area (Å²) < 4.78 is 1.94. The van der Waals surface area contributed by atoms with Crippen LogP contribution in [0.3, 0.4) is 0 Å². The highest BCUT2D eigenvalue weighted by Gasteiger charge is 2.10. The molecule has 0 fully saturated rings. The Kier molecular flexibility index (Phi) is 2.61. The minimum Gasteiger partial charge on any atom is -0.507 e. The second-order valence-corrected chi connectivity index (χ2v) is 4.86. The summed E-state index contributed by atoms with van der Waals surface area (Å²) in [5, 5.41) is 21.3. The van der Waals surface area contributed by atoms with Gasteiger partial charge in [-0.05, 0) is 51.1 Å². The Labute approximate surface area is 98.9 Å². The zero-order valence-corrected chi connectivity index (χ0v) is 10.1. The quantitative estimate of drug-likeness (QED) is 0.821. The van der Waals surface area contributed by atoms with E-state index in [9.17, 15) is 5.11 Å². The lowest BCUT2D eigenvalue weighted by Crippen LogP contribution is -1.84. The van der Waals surface area contributed by atoms with Gasteiger partial charge in [0.15, 0.2) is 0 Å². The van der Waals surface area contributed by atoms with Crippen LogP contribution in [0.15, 0.2) is 17.5 Å². The van der Waals surface area contributed by atoms with Crippen molar-refractivity contribution in [2.75, 3.05) is 0 Å². The lowest BCUT2D eigenvalue weighted by atomic mass is 10.1. The molecule has 0 atom stereocenters. The van der Waals surface area contributed by atoms with Crippen molar-refractivity contribution in [3.8, 4) is 11.8 Å². The number of phenols is 1. The van der Waals surface area contributed by atoms with Crippen molar-refractivity contribution in [3.05, 3.63) is 26.6 Å². The van der Waals surface area contributed by atoms with Crippen molar-refractivity contribution < 1.29 is 5.11 Å². The number of halogens is 1. The van der Waals surface area contributed by atoms with Crippen molar-refractivity contribution in [3.63, 3.8) is 0 Å². The summed E-state index contributed by atoms with van der Waals surface area (Å²) in [4.78, 5) is 0. The van der Waals surface area contributed by atoms with Crippen molar-refractivity contribution >= 4 is 44.0 Å². The largest absolute Gasteiger partial charge is 0.507 e. The molecule has 0 aliphatic carbocycles. The van der Waals surface area contributed by atoms with Gasteiger partial charge in [0, 0.05) is 0 Å². The molecule has 2 aromatic rings. The average Bonchev–Trinajstić information content (AvgIpc) is 2.63. The number of hydrogen-bond acceptors (Lipinski definition) is 3. The predicted molar refractivity (Wildman–Crippen MR) is 65.5 cm³/mol. The highest BCUT2D eigenvalue weighted by Crippen LogP contribution is 2.35. The third-order valence-corrected chi connectivity index (χ3v) is 4.41. The molecule has 0 unspecified atom stereocenters. The SMILES string of the molecule is N#CCc1cc(O)c(I)c2sccc12. The fourth-order valence-corrected chi connectivity index (χ4v) is 3.09. The first-order valence-electron chi connectivity index (χ1n) is 3.98. The fourth-order valence-electron chi connectivity index (χ4n) is 1.39. The van der Waals surface area contributed by atoms with E-state index in [-0.39, 0.29) is 5.75 Å². The third kappa shape index (κ3) is 1.47. The van der Waals surface area contributed by atoms with Crippen LogP contribution in [0.4, 0.5) is 0 Å². The van der Waals surface area contributed by atoms with Crippen LogP contribution in [0, 0.1) is 14.9 Å². The van der Waals surface area contributed by atoms with Gasteiger partial charge < -0.3 is 5.11 Å². The Hall–Kier alpha value is -0.800. The van der Waals surface area contributed by atoms with E-state index in [1.54, 1.807) is 17.4 Å². The number of hydrogen-bond donors (Lipinski definition) is 1. The fraction of sp³-hybridized carbons (Fsp3) is 0.100. The molecule has 1 N–H and O–H groups in total. The molecular formula is C10H6INOS. The summed E-state index contributed by atoms with van der Waals surface area (Å²) in [6.07, 6.45) is 0.345. The smallest absolute Gasteiger partial charge is 0.130 e. The maximum absolute atomic E-state index is 9.63. The summed E-state index contributed by atoms with van der Waals surface area (Å²) in [5.74, 6) is 0.269. The topological polar surface area (TPSA) is 44.0 Å². The van der Waals surface area contributed by atoms with Gasteiger partial charge in [0.2, 0.25) is 0 Å². The number of nitrogens with zero attached hydrogens (tertiary/aromatic N) is 1. The van der Waals surface area contributed by atoms with E-state index in [1.165, 1.54) is 0 Å². The molecule has 0 saturated carbocycles. The van der Waals surface area contributed by atoms with Crippen molar-refractivity contribution in [2.45, 2.75) is 6.42 Å². The van der Waals surface area contributed by atoms with Crippen molar-refractivity contribution in [1.82, 2.24) is 0 Å². The Balaban J connectivity index is 2.79. The maximum Gasteiger partial charge on any atom is 0.130 e. The summed E-state index contributed by atoms with van der Waals surface area (Å²) in [5.41, 5.74) is 0.904. The summed E-state index contributed by atoms with van der Waals surface area (Å²) in [6.45, 7) is 0. The van der Waals surface area contributed by atoms with Gasteiger partial charge in [-0.3, -0.25) is 0 Å². The molecule has 0 bridgehead atoms. The van der Waals surface area contributed by atoms with Gasteiger partial charge >= 0.3 is 0 Å². The molecule has 0 saturated heterocycles. The lowest BCUT2D eigenvalue weighted by molar-refractivity contribution is 0.472. The molecule has 0 aliphatic rings. The second kappa shape index (κ2) is 3.75. The van der Waals surface area contributed by atoms with Gasteiger partial charge in [0.05, 0.1) is 20.8 Å². The van der Waals surface area contributed by atoms with Crippen molar-refractivity contribution in [2.24, 2.45) is 0 Å². The van der Waals surface area contributed by atoms with Crippen LogP contribution in [0.5, 0.6) is 5.75 Å². The number of phenolic OH excluding ortho intramolecular Hbond substituents is 1. The van der Waals surface area contributed by atoms with Crippen LogP contribution in [-0.2, 0) is 6.42 Å². The van der Waals surface area contributed by atoms with Gasteiger partial charge in [-0.25, -0.2) is 0 Å². The number of nitriles is 1. The van der Waals surface area contributed by atoms with Crippen LogP contribution in [0.2, 0.25) is 0 Å². The van der Waals surface area contributed by atoms with Gasteiger partial charge in [-0.1, -0.05) is 0 Å². The van der Waals surface area contributed by atoms with E-state index in [4.69, 9.17) is 5.26 Å². The molecule has 0 radical (unpaired) electrons. The van der Waals surface area contributed by atoms with Crippen LogP contribution in [0.25, 0.3) is 10.1 Å². The highest BCUT2D eigenvalue weighted by molar-refractivity contribution is 14.1. The highest BCUT2D eigenvalue weighted by atomic mass is 127. The average molecular weight is 315 g/mol. The molecule has 70 valence electrons. The van der Waals surface area contributed by atoms with Gasteiger partial charge in [0.25, 0.3) is 0 Å². The lowest BCUT2D eigenvalue weighted by Gasteiger charge is -2.03. The number of fused-ring (bicyclic) bond motifs is 1. The van der Waals surface area contributed by atoms with Crippen LogP contribution < -0.4 is 0 Å². The first-order chi connectivity index (χ1) is 6.74. The Bertz CT molecular complexity index is 527.